The SMILES string of the molecule is CCCCC(C)(C)C(O)C=CC1C(O)CC2N=C(OCCCCC(=O)O)CC21. The van der Waals surface area contributed by atoms with Crippen LogP contribution in [0.3, 0.4) is 0 Å². The number of rotatable bonds is 11. The van der Waals surface area contributed by atoms with Gasteiger partial charge in [0.15, 0.2) is 5.90 Å². The molecule has 6 heteroatoms. The molecule has 1 heterocycles. The van der Waals surface area contributed by atoms with Crippen molar-refractivity contribution in [2.45, 2.75) is 90.4 Å². The summed E-state index contributed by atoms with van der Waals surface area (Å²) in [5.74, 6) is 0.139. The molecule has 160 valence electrons. The minimum atomic E-state index is -0.781. The third-order valence-electron chi connectivity index (χ3n) is 6.18. The first-order valence-corrected chi connectivity index (χ1v) is 10.7. The van der Waals surface area contributed by atoms with Crippen LogP contribution in [0.2, 0.25) is 0 Å². The third-order valence-corrected chi connectivity index (χ3v) is 6.18. The largest absolute Gasteiger partial charge is 0.481 e. The van der Waals surface area contributed by atoms with Crippen LogP contribution < -0.4 is 0 Å². The number of aliphatic hydroxyl groups excluding tert-OH is 2. The van der Waals surface area contributed by atoms with Crippen molar-refractivity contribution in [3.8, 4) is 0 Å². The smallest absolute Gasteiger partial charge is 0.303 e. The van der Waals surface area contributed by atoms with Gasteiger partial charge in [-0.05, 0) is 37.0 Å². The predicted octanol–water partition coefficient (Wildman–Crippen LogP) is 3.56. The van der Waals surface area contributed by atoms with E-state index in [1.807, 2.05) is 12.2 Å². The maximum absolute atomic E-state index is 10.6. The lowest BCUT2D eigenvalue weighted by Gasteiger charge is -2.29. The highest BCUT2D eigenvalue weighted by atomic mass is 16.5. The number of carbonyl (C=O) groups is 1. The monoisotopic (exact) mass is 395 g/mol. The summed E-state index contributed by atoms with van der Waals surface area (Å²) in [6.07, 6.45) is 8.85. The molecule has 0 aromatic carbocycles. The molecule has 0 spiro atoms. The van der Waals surface area contributed by atoms with Crippen LogP contribution in [0, 0.1) is 17.3 Å². The molecular weight excluding hydrogens is 358 g/mol. The van der Waals surface area contributed by atoms with E-state index in [-0.39, 0.29) is 29.7 Å². The van der Waals surface area contributed by atoms with Gasteiger partial charge in [0.1, 0.15) is 0 Å². The van der Waals surface area contributed by atoms with E-state index in [4.69, 9.17) is 9.84 Å². The first-order valence-electron chi connectivity index (χ1n) is 10.7. The Morgan fingerprint density at radius 3 is 2.79 bits per heavy atom. The minimum absolute atomic E-state index is 0.0153. The maximum Gasteiger partial charge on any atom is 0.303 e. The number of ether oxygens (including phenoxy) is 1. The highest BCUT2D eigenvalue weighted by Crippen LogP contribution is 2.42. The fourth-order valence-electron chi connectivity index (χ4n) is 4.19. The number of hydrogen-bond acceptors (Lipinski definition) is 5. The van der Waals surface area contributed by atoms with E-state index in [1.54, 1.807) is 0 Å². The summed E-state index contributed by atoms with van der Waals surface area (Å²) in [6.45, 7) is 6.80. The van der Waals surface area contributed by atoms with E-state index < -0.39 is 18.2 Å². The second kappa shape index (κ2) is 10.4. The third kappa shape index (κ3) is 6.31. The average Bonchev–Trinajstić information content (AvgIpc) is 3.13. The lowest BCUT2D eigenvalue weighted by atomic mass is 9.80. The van der Waals surface area contributed by atoms with Gasteiger partial charge in [0.2, 0.25) is 0 Å². The van der Waals surface area contributed by atoms with Crippen molar-refractivity contribution < 1.29 is 24.9 Å². The summed E-state index contributed by atoms with van der Waals surface area (Å²) >= 11 is 0. The Balaban J connectivity index is 1.84. The molecule has 1 aliphatic carbocycles. The highest BCUT2D eigenvalue weighted by Gasteiger charge is 2.45. The number of aliphatic hydroxyl groups is 2. The van der Waals surface area contributed by atoms with Crippen molar-refractivity contribution in [3.05, 3.63) is 12.2 Å². The molecule has 5 atom stereocenters. The summed E-state index contributed by atoms with van der Waals surface area (Å²) < 4.78 is 5.73. The van der Waals surface area contributed by atoms with Crippen molar-refractivity contribution in [1.82, 2.24) is 0 Å². The molecule has 6 nitrogen and oxygen atoms in total. The number of aliphatic carboxylic acids is 1. The van der Waals surface area contributed by atoms with Gasteiger partial charge >= 0.3 is 5.97 Å². The van der Waals surface area contributed by atoms with Crippen LogP contribution in [0.4, 0.5) is 0 Å². The van der Waals surface area contributed by atoms with Gasteiger partial charge in [-0.1, -0.05) is 45.8 Å². The number of aliphatic imine (C=N–C) groups is 1. The number of hydrogen-bond donors (Lipinski definition) is 3. The van der Waals surface area contributed by atoms with Gasteiger partial charge in [-0.2, -0.15) is 0 Å². The Bertz CT molecular complexity index is 571. The van der Waals surface area contributed by atoms with E-state index in [1.165, 1.54) is 0 Å². The van der Waals surface area contributed by atoms with Gasteiger partial charge in [-0.15, -0.1) is 0 Å². The van der Waals surface area contributed by atoms with Crippen molar-refractivity contribution in [1.29, 1.82) is 0 Å². The second-order valence-corrected chi connectivity index (χ2v) is 8.96. The first kappa shape index (κ1) is 22.9. The molecular formula is C22H37NO5. The Kier molecular flexibility index (Phi) is 8.50. The van der Waals surface area contributed by atoms with E-state index in [0.717, 1.165) is 25.2 Å². The van der Waals surface area contributed by atoms with Crippen molar-refractivity contribution >= 4 is 11.9 Å². The molecule has 3 N–H and O–H groups in total. The standard InChI is InChI=1S/C22H37NO5/c1-4-5-11-22(2,3)19(25)10-9-15-16-13-20(23-17(16)14-18(15)24)28-12-7-6-8-21(26)27/h9-10,15-19,24-25H,4-8,11-14H2,1-3H3,(H,26,27). The van der Waals surface area contributed by atoms with Crippen LogP contribution in [0.25, 0.3) is 0 Å². The predicted molar refractivity (Wildman–Crippen MR) is 109 cm³/mol. The summed E-state index contributed by atoms with van der Waals surface area (Å²) in [5, 5.41) is 29.7. The van der Waals surface area contributed by atoms with Gasteiger partial charge < -0.3 is 20.1 Å². The first-order chi connectivity index (χ1) is 13.2. The second-order valence-electron chi connectivity index (χ2n) is 8.96. The molecule has 1 saturated carbocycles. The van der Waals surface area contributed by atoms with Crippen LogP contribution in [-0.4, -0.2) is 52.0 Å². The van der Waals surface area contributed by atoms with E-state index in [9.17, 15) is 15.0 Å². The van der Waals surface area contributed by atoms with Crippen molar-refractivity contribution in [2.24, 2.45) is 22.2 Å². The minimum Gasteiger partial charge on any atom is -0.481 e. The molecule has 0 radical (unpaired) electrons. The maximum atomic E-state index is 10.6. The van der Waals surface area contributed by atoms with Crippen molar-refractivity contribution in [3.63, 3.8) is 0 Å². The number of fused-ring (bicyclic) bond motifs is 1. The number of carboxylic acids is 1. The molecule has 0 aromatic rings. The quantitative estimate of drug-likeness (QED) is 0.367. The van der Waals surface area contributed by atoms with E-state index >= 15 is 0 Å². The normalized spacial score (nSPS) is 28.4. The molecule has 0 aromatic heterocycles. The van der Waals surface area contributed by atoms with Gasteiger partial charge in [-0.25, -0.2) is 0 Å². The summed E-state index contributed by atoms with van der Waals surface area (Å²) in [7, 11) is 0. The van der Waals surface area contributed by atoms with Crippen LogP contribution in [-0.2, 0) is 9.53 Å². The molecule has 0 amide bonds. The fraction of sp³-hybridized carbons (Fsp3) is 0.818. The molecule has 2 aliphatic rings. The van der Waals surface area contributed by atoms with E-state index in [2.05, 4.69) is 25.8 Å². The number of carboxylic acid groups (broad SMARTS) is 1. The molecule has 0 bridgehead atoms. The van der Waals surface area contributed by atoms with Crippen LogP contribution >= 0.6 is 0 Å². The topological polar surface area (TPSA) is 99.4 Å². The molecule has 28 heavy (non-hydrogen) atoms. The van der Waals surface area contributed by atoms with Gasteiger partial charge in [0.05, 0.1) is 24.9 Å². The van der Waals surface area contributed by atoms with Crippen LogP contribution in [0.1, 0.15) is 72.1 Å². The van der Waals surface area contributed by atoms with E-state index in [0.29, 0.717) is 32.3 Å². The van der Waals surface area contributed by atoms with Gasteiger partial charge in [0.25, 0.3) is 0 Å². The van der Waals surface area contributed by atoms with Crippen LogP contribution in [0.5, 0.6) is 0 Å². The molecule has 5 unspecified atom stereocenters. The fourth-order valence-corrected chi connectivity index (χ4v) is 4.19. The summed E-state index contributed by atoms with van der Waals surface area (Å²) in [5.41, 5.74) is -0.175. The highest BCUT2D eigenvalue weighted by molar-refractivity contribution is 5.79. The van der Waals surface area contributed by atoms with Crippen molar-refractivity contribution in [2.75, 3.05) is 6.61 Å². The Morgan fingerprint density at radius 2 is 2.11 bits per heavy atom. The summed E-state index contributed by atoms with van der Waals surface area (Å²) in [4.78, 5) is 15.2. The number of nitrogens with zero attached hydrogens (tertiary/aromatic N) is 1. The molecule has 1 aliphatic heterocycles. The Hall–Kier alpha value is -1.40. The number of unbranched alkanes of at least 4 members (excludes halogenated alkanes) is 2. The molecule has 2 rings (SSSR count). The van der Waals surface area contributed by atoms with Crippen LogP contribution in [0.15, 0.2) is 17.1 Å². The lowest BCUT2D eigenvalue weighted by Crippen LogP contribution is -2.28. The molecule has 0 saturated heterocycles. The zero-order valence-electron chi connectivity index (χ0n) is 17.5. The van der Waals surface area contributed by atoms with Gasteiger partial charge in [-0.3, -0.25) is 9.79 Å². The zero-order valence-corrected chi connectivity index (χ0v) is 17.5. The average molecular weight is 396 g/mol. The van der Waals surface area contributed by atoms with Gasteiger partial charge in [0, 0.05) is 18.8 Å². The zero-order chi connectivity index (χ0) is 20.7. The Labute approximate surface area is 168 Å². The summed E-state index contributed by atoms with van der Waals surface area (Å²) in [6, 6.07) is 0.0731. The molecule has 1 fully saturated rings. The Morgan fingerprint density at radius 1 is 1.36 bits per heavy atom. The lowest BCUT2D eigenvalue weighted by molar-refractivity contribution is -0.137.